The van der Waals surface area contributed by atoms with Gasteiger partial charge in [-0.2, -0.15) is 0 Å². The van der Waals surface area contributed by atoms with E-state index in [1.165, 1.54) is 36.0 Å². The number of phenols is 1. The smallest absolute Gasteiger partial charge is 0.119 e. The van der Waals surface area contributed by atoms with Crippen LogP contribution in [0.25, 0.3) is 0 Å². The van der Waals surface area contributed by atoms with E-state index in [-0.39, 0.29) is 0 Å². The Bertz CT molecular complexity index is 371. The Morgan fingerprint density at radius 2 is 1.93 bits per heavy atom. The molecule has 15 heavy (non-hydrogen) atoms. The summed E-state index contributed by atoms with van der Waals surface area (Å²) < 4.78 is 0. The summed E-state index contributed by atoms with van der Waals surface area (Å²) in [5, 5.41) is 9.92. The maximum absolute atomic E-state index is 9.92. The van der Waals surface area contributed by atoms with Crippen molar-refractivity contribution in [1.29, 1.82) is 0 Å². The molecule has 0 saturated heterocycles. The minimum atomic E-state index is 0.443. The van der Waals surface area contributed by atoms with Gasteiger partial charge in [0.15, 0.2) is 0 Å². The number of fused-ring (bicyclic) bond motifs is 1. The van der Waals surface area contributed by atoms with Crippen molar-refractivity contribution in [2.45, 2.75) is 39.0 Å². The van der Waals surface area contributed by atoms with E-state index in [4.69, 9.17) is 5.73 Å². The summed E-state index contributed by atoms with van der Waals surface area (Å²) in [7, 11) is 0. The van der Waals surface area contributed by atoms with Gasteiger partial charge >= 0.3 is 0 Å². The fourth-order valence-electron chi connectivity index (χ4n) is 2.63. The van der Waals surface area contributed by atoms with Gasteiger partial charge in [-0.3, -0.25) is 0 Å². The average molecular weight is 205 g/mol. The van der Waals surface area contributed by atoms with E-state index in [9.17, 15) is 5.11 Å². The van der Waals surface area contributed by atoms with Crippen LogP contribution in [0.3, 0.4) is 0 Å². The lowest BCUT2D eigenvalue weighted by atomic mass is 9.84. The van der Waals surface area contributed by atoms with E-state index < -0.39 is 0 Å². The zero-order valence-electron chi connectivity index (χ0n) is 9.34. The molecule has 2 nitrogen and oxygen atoms in total. The fraction of sp³-hybridized carbons (Fsp3) is 0.538. The molecule has 0 heterocycles. The summed E-state index contributed by atoms with van der Waals surface area (Å²) >= 11 is 0. The number of benzene rings is 1. The maximum atomic E-state index is 9.92. The van der Waals surface area contributed by atoms with Gasteiger partial charge in [-0.1, -0.05) is 0 Å². The Balaban J connectivity index is 2.53. The lowest BCUT2D eigenvalue weighted by Gasteiger charge is -2.22. The standard InChI is InChI=1S/C13H19NO/c1-9-8-13(15)12(6-7-14)11-5-3-2-4-10(9)11/h8,15H,2-7,14H2,1H3. The average Bonchev–Trinajstić information content (AvgIpc) is 2.24. The van der Waals surface area contributed by atoms with Crippen LogP contribution in [0, 0.1) is 6.92 Å². The fourth-order valence-corrected chi connectivity index (χ4v) is 2.63. The van der Waals surface area contributed by atoms with Crippen LogP contribution in [-0.2, 0) is 19.3 Å². The Morgan fingerprint density at radius 3 is 2.60 bits per heavy atom. The first-order valence-electron chi connectivity index (χ1n) is 5.77. The molecule has 0 aliphatic heterocycles. The van der Waals surface area contributed by atoms with E-state index in [2.05, 4.69) is 6.92 Å². The van der Waals surface area contributed by atoms with Crippen molar-refractivity contribution < 1.29 is 5.11 Å². The molecule has 2 heteroatoms. The van der Waals surface area contributed by atoms with Crippen LogP contribution in [0.1, 0.15) is 35.1 Å². The van der Waals surface area contributed by atoms with Crippen molar-refractivity contribution in [2.75, 3.05) is 6.54 Å². The lowest BCUT2D eigenvalue weighted by Crippen LogP contribution is -2.12. The summed E-state index contributed by atoms with van der Waals surface area (Å²) in [6.45, 7) is 2.71. The van der Waals surface area contributed by atoms with Crippen molar-refractivity contribution in [2.24, 2.45) is 5.73 Å². The first-order valence-corrected chi connectivity index (χ1v) is 5.77. The third-order valence-corrected chi connectivity index (χ3v) is 3.36. The van der Waals surface area contributed by atoms with E-state index in [0.29, 0.717) is 12.3 Å². The summed E-state index contributed by atoms with van der Waals surface area (Å²) in [5.41, 5.74) is 10.8. The molecule has 0 saturated carbocycles. The number of rotatable bonds is 2. The summed E-state index contributed by atoms with van der Waals surface area (Å²) in [6.07, 6.45) is 5.60. The second-order valence-corrected chi connectivity index (χ2v) is 4.39. The zero-order chi connectivity index (χ0) is 10.8. The molecule has 2 rings (SSSR count). The highest BCUT2D eigenvalue weighted by Crippen LogP contribution is 2.33. The third kappa shape index (κ3) is 1.86. The number of hydrogen-bond donors (Lipinski definition) is 2. The highest BCUT2D eigenvalue weighted by molar-refractivity contribution is 5.50. The van der Waals surface area contributed by atoms with Crippen LogP contribution >= 0.6 is 0 Å². The quantitative estimate of drug-likeness (QED) is 0.776. The molecule has 1 aliphatic carbocycles. The summed E-state index contributed by atoms with van der Waals surface area (Å²) in [4.78, 5) is 0. The molecule has 1 aromatic carbocycles. The number of aromatic hydroxyl groups is 1. The van der Waals surface area contributed by atoms with Crippen molar-refractivity contribution in [1.82, 2.24) is 0 Å². The molecule has 1 aromatic rings. The SMILES string of the molecule is Cc1cc(O)c(CCN)c2c1CCCC2. The highest BCUT2D eigenvalue weighted by atomic mass is 16.3. The number of hydrogen-bond acceptors (Lipinski definition) is 2. The molecule has 0 bridgehead atoms. The van der Waals surface area contributed by atoms with Crippen LogP contribution in [0.4, 0.5) is 0 Å². The van der Waals surface area contributed by atoms with Gasteiger partial charge < -0.3 is 10.8 Å². The Labute approximate surface area is 91.1 Å². The Morgan fingerprint density at radius 1 is 1.27 bits per heavy atom. The minimum Gasteiger partial charge on any atom is -0.508 e. The van der Waals surface area contributed by atoms with Gasteiger partial charge in [-0.25, -0.2) is 0 Å². The largest absolute Gasteiger partial charge is 0.508 e. The Hall–Kier alpha value is -1.02. The Kier molecular flexibility index (Phi) is 2.96. The monoisotopic (exact) mass is 205 g/mol. The van der Waals surface area contributed by atoms with Crippen molar-refractivity contribution in [3.8, 4) is 5.75 Å². The molecule has 0 spiro atoms. The van der Waals surface area contributed by atoms with Crippen molar-refractivity contribution in [3.05, 3.63) is 28.3 Å². The molecule has 0 aromatic heterocycles. The summed E-state index contributed by atoms with van der Waals surface area (Å²) in [6, 6.07) is 1.90. The number of aryl methyl sites for hydroxylation is 1. The van der Waals surface area contributed by atoms with E-state index in [1.807, 2.05) is 6.07 Å². The molecule has 0 fully saturated rings. The van der Waals surface area contributed by atoms with Gasteiger partial charge in [-0.15, -0.1) is 0 Å². The van der Waals surface area contributed by atoms with Gasteiger partial charge in [0.05, 0.1) is 0 Å². The predicted molar refractivity (Wildman–Crippen MR) is 62.2 cm³/mol. The van der Waals surface area contributed by atoms with E-state index >= 15 is 0 Å². The van der Waals surface area contributed by atoms with Crippen LogP contribution < -0.4 is 5.73 Å². The van der Waals surface area contributed by atoms with E-state index in [0.717, 1.165) is 18.4 Å². The third-order valence-electron chi connectivity index (χ3n) is 3.36. The highest BCUT2D eigenvalue weighted by Gasteiger charge is 2.17. The number of phenolic OH excluding ortho intramolecular Hbond substituents is 1. The lowest BCUT2D eigenvalue weighted by molar-refractivity contribution is 0.464. The molecular formula is C13H19NO. The van der Waals surface area contributed by atoms with Gasteiger partial charge in [0.25, 0.3) is 0 Å². The topological polar surface area (TPSA) is 46.2 Å². The van der Waals surface area contributed by atoms with Crippen LogP contribution in [-0.4, -0.2) is 11.7 Å². The molecule has 0 atom stereocenters. The van der Waals surface area contributed by atoms with Crippen molar-refractivity contribution >= 4 is 0 Å². The normalized spacial score (nSPS) is 15.1. The molecule has 3 N–H and O–H groups in total. The number of nitrogens with two attached hydrogens (primary N) is 1. The molecule has 0 radical (unpaired) electrons. The molecule has 0 amide bonds. The maximum Gasteiger partial charge on any atom is 0.119 e. The first-order chi connectivity index (χ1) is 7.24. The second kappa shape index (κ2) is 4.23. The predicted octanol–water partition coefficient (Wildman–Crippen LogP) is 2.08. The molecular weight excluding hydrogens is 186 g/mol. The van der Waals surface area contributed by atoms with Crippen molar-refractivity contribution in [3.63, 3.8) is 0 Å². The zero-order valence-corrected chi connectivity index (χ0v) is 9.34. The first kappa shape index (κ1) is 10.5. The second-order valence-electron chi connectivity index (χ2n) is 4.39. The minimum absolute atomic E-state index is 0.443. The molecule has 0 unspecified atom stereocenters. The molecule has 82 valence electrons. The van der Waals surface area contributed by atoms with Crippen LogP contribution in [0.2, 0.25) is 0 Å². The van der Waals surface area contributed by atoms with Gasteiger partial charge in [0.1, 0.15) is 5.75 Å². The van der Waals surface area contributed by atoms with Gasteiger partial charge in [-0.05, 0) is 73.9 Å². The van der Waals surface area contributed by atoms with Gasteiger partial charge in [0.2, 0.25) is 0 Å². The molecule has 1 aliphatic rings. The van der Waals surface area contributed by atoms with Crippen LogP contribution in [0.15, 0.2) is 6.07 Å². The van der Waals surface area contributed by atoms with E-state index in [1.54, 1.807) is 0 Å². The van der Waals surface area contributed by atoms with Gasteiger partial charge in [0, 0.05) is 0 Å². The van der Waals surface area contributed by atoms with Crippen LogP contribution in [0.5, 0.6) is 5.75 Å². The summed E-state index contributed by atoms with van der Waals surface area (Å²) in [5.74, 6) is 0.443.